The van der Waals surface area contributed by atoms with Crippen molar-refractivity contribution in [2.45, 2.75) is 76.9 Å². The Kier molecular flexibility index (Phi) is 4.19. The molecule has 2 heteroatoms. The molecule has 110 valence electrons. The maximum Gasteiger partial charge on any atom is 0.0685 e. The molecule has 2 aliphatic carbocycles. The van der Waals surface area contributed by atoms with Crippen LogP contribution in [0, 0.1) is 17.8 Å². The molecular weight excluding hydrogens is 234 g/mol. The van der Waals surface area contributed by atoms with E-state index in [0.717, 1.165) is 24.4 Å². The maximum atomic E-state index is 6.11. The second kappa shape index (κ2) is 5.73. The third-order valence-electron chi connectivity index (χ3n) is 5.91. The van der Waals surface area contributed by atoms with E-state index < -0.39 is 0 Å². The zero-order valence-corrected chi connectivity index (χ0v) is 12.8. The van der Waals surface area contributed by atoms with Crippen LogP contribution in [-0.2, 0) is 4.74 Å². The molecule has 1 saturated heterocycles. The van der Waals surface area contributed by atoms with Crippen LogP contribution in [0.4, 0.5) is 0 Å². The van der Waals surface area contributed by atoms with E-state index in [2.05, 4.69) is 19.2 Å². The van der Waals surface area contributed by atoms with Crippen LogP contribution in [-0.4, -0.2) is 24.8 Å². The lowest BCUT2D eigenvalue weighted by molar-refractivity contribution is -0.151. The number of ether oxygens (including phenoxy) is 1. The van der Waals surface area contributed by atoms with Crippen LogP contribution in [0.5, 0.6) is 0 Å². The number of rotatable bonds is 4. The summed E-state index contributed by atoms with van der Waals surface area (Å²) in [5.41, 5.74) is 0.335. The minimum absolute atomic E-state index is 0.335. The minimum atomic E-state index is 0.335. The Balaban J connectivity index is 1.57. The van der Waals surface area contributed by atoms with Crippen LogP contribution in [0.15, 0.2) is 0 Å². The van der Waals surface area contributed by atoms with Gasteiger partial charge in [0.2, 0.25) is 0 Å². The SMILES string of the molecule is CC(C)NCC1CCCC1C1CCOC2(CCC2)C1. The molecule has 3 fully saturated rings. The summed E-state index contributed by atoms with van der Waals surface area (Å²) < 4.78 is 6.11. The molecule has 3 unspecified atom stereocenters. The molecule has 0 aromatic carbocycles. The summed E-state index contributed by atoms with van der Waals surface area (Å²) in [4.78, 5) is 0. The zero-order valence-electron chi connectivity index (χ0n) is 12.8. The fourth-order valence-corrected chi connectivity index (χ4v) is 4.68. The number of nitrogens with one attached hydrogen (secondary N) is 1. The highest BCUT2D eigenvalue weighted by molar-refractivity contribution is 4.97. The zero-order chi connectivity index (χ0) is 13.3. The quantitative estimate of drug-likeness (QED) is 0.836. The van der Waals surface area contributed by atoms with Crippen LogP contribution in [0.25, 0.3) is 0 Å². The Hall–Kier alpha value is -0.0800. The van der Waals surface area contributed by atoms with Gasteiger partial charge in [0.1, 0.15) is 0 Å². The molecule has 3 atom stereocenters. The summed E-state index contributed by atoms with van der Waals surface area (Å²) in [7, 11) is 0. The van der Waals surface area contributed by atoms with E-state index in [9.17, 15) is 0 Å². The summed E-state index contributed by atoms with van der Waals surface area (Å²) in [6.07, 6.45) is 11.2. The van der Waals surface area contributed by atoms with E-state index >= 15 is 0 Å². The van der Waals surface area contributed by atoms with Crippen molar-refractivity contribution in [2.75, 3.05) is 13.2 Å². The standard InChI is InChI=1S/C17H31NO/c1-13(2)18-12-15-5-3-6-16(15)14-7-10-19-17(11-14)8-4-9-17/h13-16,18H,3-12H2,1-2H3. The molecule has 0 amide bonds. The molecule has 1 heterocycles. The lowest BCUT2D eigenvalue weighted by atomic mass is 9.67. The summed E-state index contributed by atoms with van der Waals surface area (Å²) in [5, 5.41) is 3.67. The minimum Gasteiger partial charge on any atom is -0.375 e. The van der Waals surface area contributed by atoms with Crippen molar-refractivity contribution in [3.63, 3.8) is 0 Å². The fourth-order valence-electron chi connectivity index (χ4n) is 4.68. The smallest absolute Gasteiger partial charge is 0.0685 e. The highest BCUT2D eigenvalue weighted by atomic mass is 16.5. The predicted molar refractivity (Wildman–Crippen MR) is 79.2 cm³/mol. The van der Waals surface area contributed by atoms with Gasteiger partial charge in [-0.15, -0.1) is 0 Å². The van der Waals surface area contributed by atoms with E-state index in [0.29, 0.717) is 11.6 Å². The van der Waals surface area contributed by atoms with Gasteiger partial charge in [-0.1, -0.05) is 20.3 Å². The van der Waals surface area contributed by atoms with Crippen molar-refractivity contribution < 1.29 is 4.74 Å². The molecule has 1 spiro atoms. The van der Waals surface area contributed by atoms with Crippen molar-refractivity contribution in [1.82, 2.24) is 5.32 Å². The first-order chi connectivity index (χ1) is 9.19. The second-order valence-electron chi connectivity index (χ2n) is 7.56. The van der Waals surface area contributed by atoms with E-state index in [-0.39, 0.29) is 0 Å². The van der Waals surface area contributed by atoms with Crippen molar-refractivity contribution in [3.8, 4) is 0 Å². The van der Waals surface area contributed by atoms with Gasteiger partial charge in [0, 0.05) is 12.6 Å². The average Bonchev–Trinajstić information content (AvgIpc) is 2.83. The molecule has 0 radical (unpaired) electrons. The van der Waals surface area contributed by atoms with Crippen LogP contribution in [0.2, 0.25) is 0 Å². The highest BCUT2D eigenvalue weighted by Crippen LogP contribution is 2.49. The summed E-state index contributed by atoms with van der Waals surface area (Å²) in [6.45, 7) is 6.81. The first-order valence-corrected chi connectivity index (χ1v) is 8.56. The normalized spacial score (nSPS) is 37.7. The van der Waals surface area contributed by atoms with Crippen LogP contribution >= 0.6 is 0 Å². The number of hydrogen-bond acceptors (Lipinski definition) is 2. The summed E-state index contributed by atoms with van der Waals surface area (Å²) in [6, 6.07) is 0.633. The van der Waals surface area contributed by atoms with Crippen molar-refractivity contribution in [1.29, 1.82) is 0 Å². The van der Waals surface area contributed by atoms with Crippen LogP contribution in [0.3, 0.4) is 0 Å². The van der Waals surface area contributed by atoms with Crippen molar-refractivity contribution in [3.05, 3.63) is 0 Å². The first kappa shape index (κ1) is 13.9. The molecule has 1 aliphatic heterocycles. The van der Waals surface area contributed by atoms with Gasteiger partial charge in [-0.2, -0.15) is 0 Å². The van der Waals surface area contributed by atoms with Gasteiger partial charge in [0.25, 0.3) is 0 Å². The van der Waals surface area contributed by atoms with E-state index in [1.807, 2.05) is 0 Å². The average molecular weight is 265 g/mol. The third-order valence-corrected chi connectivity index (χ3v) is 5.91. The Labute approximate surface area is 118 Å². The molecule has 0 aromatic heterocycles. The van der Waals surface area contributed by atoms with Crippen molar-refractivity contribution in [2.24, 2.45) is 17.8 Å². The van der Waals surface area contributed by atoms with E-state index in [4.69, 9.17) is 4.74 Å². The van der Waals surface area contributed by atoms with Gasteiger partial charge in [0.15, 0.2) is 0 Å². The second-order valence-corrected chi connectivity index (χ2v) is 7.56. The molecule has 0 aromatic rings. The van der Waals surface area contributed by atoms with Gasteiger partial charge in [-0.3, -0.25) is 0 Å². The molecule has 2 nitrogen and oxygen atoms in total. The van der Waals surface area contributed by atoms with Gasteiger partial charge in [-0.25, -0.2) is 0 Å². The van der Waals surface area contributed by atoms with Gasteiger partial charge in [0.05, 0.1) is 5.60 Å². The van der Waals surface area contributed by atoms with Gasteiger partial charge in [-0.05, 0) is 69.2 Å². The molecule has 1 N–H and O–H groups in total. The van der Waals surface area contributed by atoms with Crippen LogP contribution in [0.1, 0.15) is 65.2 Å². The Bertz CT molecular complexity index is 298. The van der Waals surface area contributed by atoms with E-state index in [1.165, 1.54) is 57.9 Å². The van der Waals surface area contributed by atoms with E-state index in [1.54, 1.807) is 0 Å². The molecule has 3 rings (SSSR count). The number of hydrogen-bond donors (Lipinski definition) is 1. The molecule has 0 bridgehead atoms. The first-order valence-electron chi connectivity index (χ1n) is 8.56. The molecule has 19 heavy (non-hydrogen) atoms. The van der Waals surface area contributed by atoms with Gasteiger partial charge >= 0.3 is 0 Å². The molecule has 2 saturated carbocycles. The topological polar surface area (TPSA) is 21.3 Å². The lowest BCUT2D eigenvalue weighted by Crippen LogP contribution is -2.47. The molecule has 3 aliphatic rings. The molecular formula is C17H31NO. The lowest BCUT2D eigenvalue weighted by Gasteiger charge is -2.49. The third kappa shape index (κ3) is 3.00. The Morgan fingerprint density at radius 2 is 2.00 bits per heavy atom. The predicted octanol–water partition coefficient (Wildman–Crippen LogP) is 3.75. The summed E-state index contributed by atoms with van der Waals surface area (Å²) in [5.74, 6) is 2.87. The highest BCUT2D eigenvalue weighted by Gasteiger charge is 2.46. The van der Waals surface area contributed by atoms with Crippen LogP contribution < -0.4 is 5.32 Å². The van der Waals surface area contributed by atoms with Gasteiger partial charge < -0.3 is 10.1 Å². The largest absolute Gasteiger partial charge is 0.375 e. The van der Waals surface area contributed by atoms with Crippen molar-refractivity contribution >= 4 is 0 Å². The monoisotopic (exact) mass is 265 g/mol. The summed E-state index contributed by atoms with van der Waals surface area (Å²) >= 11 is 0. The Morgan fingerprint density at radius 3 is 2.68 bits per heavy atom. The fraction of sp³-hybridized carbons (Fsp3) is 1.00. The Morgan fingerprint density at radius 1 is 1.16 bits per heavy atom. The maximum absolute atomic E-state index is 6.11.